The number of rotatable bonds is 5. The zero-order chi connectivity index (χ0) is 15.6. The highest BCUT2D eigenvalue weighted by Gasteiger charge is 2.20. The van der Waals surface area contributed by atoms with Gasteiger partial charge in [-0.15, -0.1) is 0 Å². The van der Waals surface area contributed by atoms with E-state index in [0.29, 0.717) is 17.3 Å². The van der Waals surface area contributed by atoms with Crippen molar-refractivity contribution in [1.82, 2.24) is 4.98 Å². The van der Waals surface area contributed by atoms with E-state index in [1.165, 1.54) is 18.3 Å². The Morgan fingerprint density at radius 3 is 2.67 bits per heavy atom. The second kappa shape index (κ2) is 5.66. The van der Waals surface area contributed by atoms with Crippen molar-refractivity contribution in [3.05, 3.63) is 30.5 Å². The molecule has 0 aliphatic heterocycles. The number of carbonyl (C=O) groups is 1. The molecule has 0 aliphatic carbocycles. The van der Waals surface area contributed by atoms with E-state index in [0.717, 1.165) is 0 Å². The van der Waals surface area contributed by atoms with Gasteiger partial charge >= 0.3 is 0 Å². The largest absolute Gasteiger partial charge is 0.478 e. The molecule has 1 amide bonds. The molecule has 1 aromatic carbocycles. The second-order valence-electron chi connectivity index (χ2n) is 4.42. The van der Waals surface area contributed by atoms with Crippen LogP contribution in [0.15, 0.2) is 35.4 Å². The van der Waals surface area contributed by atoms with Crippen LogP contribution in [0.25, 0.3) is 10.9 Å². The molecular formula is C13H15N3O4S. The van der Waals surface area contributed by atoms with E-state index in [9.17, 15) is 13.2 Å². The molecule has 21 heavy (non-hydrogen) atoms. The second-order valence-corrected chi connectivity index (χ2v) is 5.95. The lowest BCUT2D eigenvalue weighted by molar-refractivity contribution is -0.124. The third-order valence-electron chi connectivity index (χ3n) is 2.96. The number of sulfonamides is 1. The van der Waals surface area contributed by atoms with E-state index < -0.39 is 22.0 Å². The van der Waals surface area contributed by atoms with Gasteiger partial charge in [0.05, 0.1) is 4.90 Å². The van der Waals surface area contributed by atoms with Crippen LogP contribution < -0.4 is 15.6 Å². The molecular weight excluding hydrogens is 294 g/mol. The van der Waals surface area contributed by atoms with Crippen molar-refractivity contribution in [2.24, 2.45) is 10.9 Å². The average Bonchev–Trinajstić information content (AvgIpc) is 2.42. The predicted octanol–water partition coefficient (Wildman–Crippen LogP) is 0.525. The smallest absolute Gasteiger partial charge is 0.258 e. The zero-order valence-corrected chi connectivity index (χ0v) is 12.1. The number of ether oxygens (including phenoxy) is 1. The maximum atomic E-state index is 11.6. The van der Waals surface area contributed by atoms with Crippen LogP contribution in [-0.2, 0) is 14.8 Å². The number of benzene rings is 1. The monoisotopic (exact) mass is 309 g/mol. The lowest BCUT2D eigenvalue weighted by atomic mass is 10.2. The molecule has 1 heterocycles. The first-order valence-electron chi connectivity index (χ1n) is 6.21. The van der Waals surface area contributed by atoms with Gasteiger partial charge in [0.25, 0.3) is 5.91 Å². The first-order valence-corrected chi connectivity index (χ1v) is 7.75. The highest BCUT2D eigenvalue weighted by molar-refractivity contribution is 7.89. The maximum absolute atomic E-state index is 11.6. The average molecular weight is 309 g/mol. The Hall–Kier alpha value is -2.19. The number of nitrogens with zero attached hydrogens (tertiary/aromatic N) is 1. The maximum Gasteiger partial charge on any atom is 0.258 e. The molecule has 0 fully saturated rings. The summed E-state index contributed by atoms with van der Waals surface area (Å²) in [5.74, 6) is -0.319. The molecule has 1 atom stereocenters. The summed E-state index contributed by atoms with van der Waals surface area (Å²) in [4.78, 5) is 15.3. The van der Waals surface area contributed by atoms with Crippen LogP contribution in [0.5, 0.6) is 5.75 Å². The van der Waals surface area contributed by atoms with Gasteiger partial charge in [-0.3, -0.25) is 9.78 Å². The summed E-state index contributed by atoms with van der Waals surface area (Å²) in [6.45, 7) is 1.75. The number of amides is 1. The predicted molar refractivity (Wildman–Crippen MR) is 77.0 cm³/mol. The summed E-state index contributed by atoms with van der Waals surface area (Å²) < 4.78 is 28.7. The molecule has 7 nitrogen and oxygen atoms in total. The Bertz CT molecular complexity index is 789. The number of primary sulfonamides is 1. The number of hydrogen-bond donors (Lipinski definition) is 2. The van der Waals surface area contributed by atoms with Crippen molar-refractivity contribution >= 4 is 26.8 Å². The van der Waals surface area contributed by atoms with E-state index in [1.54, 1.807) is 19.1 Å². The lowest BCUT2D eigenvalue weighted by Crippen LogP contribution is -2.33. The Morgan fingerprint density at radius 1 is 1.38 bits per heavy atom. The van der Waals surface area contributed by atoms with Gasteiger partial charge in [0.1, 0.15) is 11.3 Å². The van der Waals surface area contributed by atoms with Gasteiger partial charge in [0.15, 0.2) is 6.10 Å². The summed E-state index contributed by atoms with van der Waals surface area (Å²) in [7, 11) is -3.88. The van der Waals surface area contributed by atoms with Gasteiger partial charge < -0.3 is 10.5 Å². The zero-order valence-electron chi connectivity index (χ0n) is 11.3. The molecule has 0 saturated carbocycles. The summed E-state index contributed by atoms with van der Waals surface area (Å²) >= 11 is 0. The molecule has 8 heteroatoms. The summed E-state index contributed by atoms with van der Waals surface area (Å²) in [5.41, 5.74) is 5.55. The van der Waals surface area contributed by atoms with E-state index in [1.807, 2.05) is 0 Å². The van der Waals surface area contributed by atoms with E-state index in [-0.39, 0.29) is 10.6 Å². The van der Waals surface area contributed by atoms with Gasteiger partial charge in [-0.1, -0.05) is 6.92 Å². The van der Waals surface area contributed by atoms with Gasteiger partial charge in [-0.2, -0.15) is 0 Å². The topological polar surface area (TPSA) is 125 Å². The number of aromatic nitrogens is 1. The fourth-order valence-electron chi connectivity index (χ4n) is 1.96. The van der Waals surface area contributed by atoms with Crippen LogP contribution in [0.4, 0.5) is 0 Å². The normalized spacial score (nSPS) is 13.0. The molecule has 1 aromatic heterocycles. The molecule has 112 valence electrons. The van der Waals surface area contributed by atoms with Crippen LogP contribution in [0.1, 0.15) is 13.3 Å². The first-order chi connectivity index (χ1) is 9.84. The summed E-state index contributed by atoms with van der Waals surface area (Å²) in [6, 6.07) is 5.90. The Morgan fingerprint density at radius 2 is 2.10 bits per heavy atom. The Labute approximate surface area is 122 Å². The fourth-order valence-corrected chi connectivity index (χ4v) is 2.69. The number of pyridine rings is 1. The van der Waals surface area contributed by atoms with Gasteiger partial charge in [0.2, 0.25) is 10.0 Å². The van der Waals surface area contributed by atoms with E-state index in [4.69, 9.17) is 15.6 Å². The standard InChI is InChI=1S/C13H15N3O4S/c1-2-9(13(14)17)20-10-5-6-11(21(15,18)19)8-4-3-7-16-12(8)10/h3-7,9H,2H2,1H3,(H2,14,17)(H2,15,18,19). The minimum atomic E-state index is -3.88. The minimum Gasteiger partial charge on any atom is -0.478 e. The molecule has 4 N–H and O–H groups in total. The number of nitrogens with two attached hydrogens (primary N) is 2. The van der Waals surface area contributed by atoms with Crippen LogP contribution in [0.2, 0.25) is 0 Å². The summed E-state index contributed by atoms with van der Waals surface area (Å²) in [5, 5.41) is 5.51. The minimum absolute atomic E-state index is 0.0509. The number of fused-ring (bicyclic) bond motifs is 1. The molecule has 0 spiro atoms. The van der Waals surface area contributed by atoms with Crippen LogP contribution in [0.3, 0.4) is 0 Å². The fraction of sp³-hybridized carbons (Fsp3) is 0.231. The molecule has 0 saturated heterocycles. The molecule has 0 aliphatic rings. The highest BCUT2D eigenvalue weighted by atomic mass is 32.2. The SMILES string of the molecule is CCC(Oc1ccc(S(N)(=O)=O)c2cccnc12)C(N)=O. The van der Waals surface area contributed by atoms with Crippen molar-refractivity contribution in [1.29, 1.82) is 0 Å². The Kier molecular flexibility index (Phi) is 4.10. The molecule has 2 rings (SSSR count). The van der Waals surface area contributed by atoms with Gasteiger partial charge in [-0.25, -0.2) is 13.6 Å². The highest BCUT2D eigenvalue weighted by Crippen LogP contribution is 2.29. The van der Waals surface area contributed by atoms with Crippen molar-refractivity contribution in [3.63, 3.8) is 0 Å². The molecule has 0 radical (unpaired) electrons. The quantitative estimate of drug-likeness (QED) is 0.833. The van der Waals surface area contributed by atoms with Crippen LogP contribution in [0, 0.1) is 0 Å². The van der Waals surface area contributed by atoms with Crippen molar-refractivity contribution in [3.8, 4) is 5.75 Å². The number of carbonyl (C=O) groups excluding carboxylic acids is 1. The summed E-state index contributed by atoms with van der Waals surface area (Å²) in [6.07, 6.45) is 1.07. The van der Waals surface area contributed by atoms with Crippen molar-refractivity contribution in [2.75, 3.05) is 0 Å². The number of hydrogen-bond acceptors (Lipinski definition) is 5. The van der Waals surface area contributed by atoms with Crippen LogP contribution in [-0.4, -0.2) is 25.4 Å². The van der Waals surface area contributed by atoms with Gasteiger partial charge in [-0.05, 0) is 30.7 Å². The number of primary amides is 1. The van der Waals surface area contributed by atoms with Crippen molar-refractivity contribution < 1.29 is 17.9 Å². The van der Waals surface area contributed by atoms with Crippen molar-refractivity contribution in [2.45, 2.75) is 24.3 Å². The lowest BCUT2D eigenvalue weighted by Gasteiger charge is -2.16. The molecule has 2 aromatic rings. The third kappa shape index (κ3) is 3.11. The van der Waals surface area contributed by atoms with E-state index in [2.05, 4.69) is 4.98 Å². The molecule has 1 unspecified atom stereocenters. The van der Waals surface area contributed by atoms with Crippen LogP contribution >= 0.6 is 0 Å². The van der Waals surface area contributed by atoms with E-state index >= 15 is 0 Å². The molecule has 0 bridgehead atoms. The third-order valence-corrected chi connectivity index (χ3v) is 3.93. The Balaban J connectivity index is 2.61. The van der Waals surface area contributed by atoms with Gasteiger partial charge in [0, 0.05) is 11.6 Å². The first kappa shape index (κ1) is 15.2.